The van der Waals surface area contributed by atoms with E-state index < -0.39 is 6.10 Å². The predicted octanol–water partition coefficient (Wildman–Crippen LogP) is 2.62. The minimum atomic E-state index is -0.430. The Morgan fingerprint density at radius 1 is 1.42 bits per heavy atom. The van der Waals surface area contributed by atoms with Gasteiger partial charge in [0.25, 0.3) is 6.01 Å². The van der Waals surface area contributed by atoms with Crippen molar-refractivity contribution in [3.63, 3.8) is 0 Å². The maximum absolute atomic E-state index is 9.91. The number of nitrogen functional groups attached to an aromatic ring is 1. The standard InChI is InChI=1S/C14H21N3O2/c1-14(2,3)7-10(18)8-16-13-17-11-5-4-9(15)6-12(11)19-13/h4-6,10,18H,7-8,15H2,1-3H3,(H,16,17). The lowest BCUT2D eigenvalue weighted by atomic mass is 9.89. The maximum Gasteiger partial charge on any atom is 0.295 e. The number of fused-ring (bicyclic) bond motifs is 1. The molecule has 1 aromatic heterocycles. The van der Waals surface area contributed by atoms with Crippen LogP contribution in [0.1, 0.15) is 27.2 Å². The zero-order valence-electron chi connectivity index (χ0n) is 11.6. The Bertz CT molecular complexity index is 557. The van der Waals surface area contributed by atoms with Crippen LogP contribution in [0.15, 0.2) is 22.6 Å². The van der Waals surface area contributed by atoms with Gasteiger partial charge in [-0.25, -0.2) is 0 Å². The van der Waals surface area contributed by atoms with E-state index in [9.17, 15) is 5.11 Å². The van der Waals surface area contributed by atoms with E-state index in [1.807, 2.05) is 6.07 Å². The van der Waals surface area contributed by atoms with Crippen LogP contribution >= 0.6 is 0 Å². The molecule has 5 heteroatoms. The fourth-order valence-electron chi connectivity index (χ4n) is 2.00. The summed E-state index contributed by atoms with van der Waals surface area (Å²) in [6.07, 6.45) is 0.285. The van der Waals surface area contributed by atoms with Crippen molar-refractivity contribution in [2.75, 3.05) is 17.6 Å². The van der Waals surface area contributed by atoms with E-state index in [1.165, 1.54) is 0 Å². The average molecular weight is 263 g/mol. The second kappa shape index (κ2) is 5.09. The first-order chi connectivity index (χ1) is 8.83. The lowest BCUT2D eigenvalue weighted by Gasteiger charge is -2.22. The summed E-state index contributed by atoms with van der Waals surface area (Å²) in [5.74, 6) is 0. The largest absolute Gasteiger partial charge is 0.423 e. The van der Waals surface area contributed by atoms with Gasteiger partial charge >= 0.3 is 0 Å². The van der Waals surface area contributed by atoms with Crippen molar-refractivity contribution in [2.24, 2.45) is 5.41 Å². The predicted molar refractivity (Wildman–Crippen MR) is 77.0 cm³/mol. The van der Waals surface area contributed by atoms with Crippen LogP contribution in [0.3, 0.4) is 0 Å². The molecule has 104 valence electrons. The number of anilines is 2. The number of nitrogens with zero attached hydrogens (tertiary/aromatic N) is 1. The van der Waals surface area contributed by atoms with E-state index >= 15 is 0 Å². The third-order valence-electron chi connectivity index (χ3n) is 2.75. The van der Waals surface area contributed by atoms with E-state index in [0.717, 1.165) is 5.52 Å². The zero-order chi connectivity index (χ0) is 14.0. The van der Waals surface area contributed by atoms with E-state index in [0.29, 0.717) is 30.3 Å². The molecule has 0 aliphatic heterocycles. The van der Waals surface area contributed by atoms with Crippen molar-refractivity contribution in [1.29, 1.82) is 0 Å². The number of benzene rings is 1. The number of aromatic nitrogens is 1. The Morgan fingerprint density at radius 3 is 2.84 bits per heavy atom. The van der Waals surface area contributed by atoms with Crippen LogP contribution < -0.4 is 11.1 Å². The molecule has 0 aliphatic carbocycles. The van der Waals surface area contributed by atoms with Gasteiger partial charge in [0, 0.05) is 18.3 Å². The number of hydrogen-bond donors (Lipinski definition) is 3. The average Bonchev–Trinajstić information content (AvgIpc) is 2.66. The van der Waals surface area contributed by atoms with Crippen LogP contribution in [0.5, 0.6) is 0 Å². The number of aliphatic hydroxyl groups is 1. The smallest absolute Gasteiger partial charge is 0.295 e. The Labute approximate surface area is 112 Å². The van der Waals surface area contributed by atoms with Crippen LogP contribution in [0.25, 0.3) is 11.1 Å². The topological polar surface area (TPSA) is 84.3 Å². The summed E-state index contributed by atoms with van der Waals surface area (Å²) >= 11 is 0. The maximum atomic E-state index is 9.91. The Kier molecular flexibility index (Phi) is 3.66. The van der Waals surface area contributed by atoms with E-state index in [1.54, 1.807) is 12.1 Å². The van der Waals surface area contributed by atoms with Crippen molar-refractivity contribution >= 4 is 22.8 Å². The molecular weight excluding hydrogens is 242 g/mol. The van der Waals surface area contributed by atoms with Gasteiger partial charge in [-0.2, -0.15) is 4.98 Å². The number of oxazole rings is 1. The molecule has 0 radical (unpaired) electrons. The van der Waals surface area contributed by atoms with Gasteiger partial charge in [-0.05, 0) is 24.0 Å². The number of hydrogen-bond acceptors (Lipinski definition) is 5. The van der Waals surface area contributed by atoms with Gasteiger partial charge in [0.2, 0.25) is 0 Å². The Balaban J connectivity index is 1.98. The highest BCUT2D eigenvalue weighted by Crippen LogP contribution is 2.23. The van der Waals surface area contributed by atoms with Gasteiger partial charge in [-0.15, -0.1) is 0 Å². The molecule has 0 saturated carbocycles. The first kappa shape index (κ1) is 13.7. The minimum absolute atomic E-state index is 0.0941. The first-order valence-electron chi connectivity index (χ1n) is 6.41. The Morgan fingerprint density at radius 2 is 2.16 bits per heavy atom. The number of nitrogens with two attached hydrogens (primary N) is 1. The Hall–Kier alpha value is -1.75. The zero-order valence-corrected chi connectivity index (χ0v) is 11.6. The summed E-state index contributed by atoms with van der Waals surface area (Å²) < 4.78 is 5.52. The summed E-state index contributed by atoms with van der Waals surface area (Å²) in [5.41, 5.74) is 7.81. The summed E-state index contributed by atoms with van der Waals surface area (Å²) in [4.78, 5) is 4.28. The third-order valence-corrected chi connectivity index (χ3v) is 2.75. The molecule has 1 heterocycles. The van der Waals surface area contributed by atoms with Gasteiger partial charge in [0.1, 0.15) is 5.52 Å². The summed E-state index contributed by atoms with van der Waals surface area (Å²) in [7, 11) is 0. The number of rotatable bonds is 4. The summed E-state index contributed by atoms with van der Waals surface area (Å²) in [6, 6.07) is 5.74. The van der Waals surface area contributed by atoms with Crippen molar-refractivity contribution in [3.05, 3.63) is 18.2 Å². The second-order valence-corrected chi connectivity index (χ2v) is 6.05. The van der Waals surface area contributed by atoms with Crippen molar-refractivity contribution < 1.29 is 9.52 Å². The van der Waals surface area contributed by atoms with E-state index in [4.69, 9.17) is 10.2 Å². The lowest BCUT2D eigenvalue weighted by molar-refractivity contribution is 0.131. The molecule has 1 unspecified atom stereocenters. The molecule has 2 aromatic rings. The van der Waals surface area contributed by atoms with Crippen molar-refractivity contribution in [1.82, 2.24) is 4.98 Å². The van der Waals surface area contributed by atoms with Crippen LogP contribution in [-0.2, 0) is 0 Å². The van der Waals surface area contributed by atoms with Crippen molar-refractivity contribution in [2.45, 2.75) is 33.3 Å². The normalized spacial score (nSPS) is 13.7. The van der Waals surface area contributed by atoms with Crippen molar-refractivity contribution in [3.8, 4) is 0 Å². The minimum Gasteiger partial charge on any atom is -0.423 e. The van der Waals surface area contributed by atoms with Crippen LogP contribution in [-0.4, -0.2) is 22.7 Å². The molecule has 2 rings (SSSR count). The number of aliphatic hydroxyl groups excluding tert-OH is 1. The monoisotopic (exact) mass is 263 g/mol. The first-order valence-corrected chi connectivity index (χ1v) is 6.41. The highest BCUT2D eigenvalue weighted by Gasteiger charge is 2.17. The fourth-order valence-corrected chi connectivity index (χ4v) is 2.00. The molecule has 0 saturated heterocycles. The van der Waals surface area contributed by atoms with Gasteiger partial charge in [-0.1, -0.05) is 20.8 Å². The molecule has 5 nitrogen and oxygen atoms in total. The molecule has 0 spiro atoms. The molecule has 1 aromatic carbocycles. The highest BCUT2D eigenvalue weighted by atomic mass is 16.4. The second-order valence-electron chi connectivity index (χ2n) is 6.05. The fraction of sp³-hybridized carbons (Fsp3) is 0.500. The lowest BCUT2D eigenvalue weighted by Crippen LogP contribution is -2.25. The molecule has 0 fully saturated rings. The van der Waals surface area contributed by atoms with E-state index in [2.05, 4.69) is 31.1 Å². The molecule has 0 aliphatic rings. The molecule has 19 heavy (non-hydrogen) atoms. The SMILES string of the molecule is CC(C)(C)CC(O)CNc1nc2ccc(N)cc2o1. The van der Waals surface area contributed by atoms with Crippen LogP contribution in [0, 0.1) is 5.41 Å². The molecule has 1 atom stereocenters. The van der Waals surface area contributed by atoms with E-state index in [-0.39, 0.29) is 5.41 Å². The molecule has 0 bridgehead atoms. The number of nitrogens with one attached hydrogen (secondary N) is 1. The summed E-state index contributed by atoms with van der Waals surface area (Å²) in [6.45, 7) is 6.70. The van der Waals surface area contributed by atoms with Gasteiger partial charge in [-0.3, -0.25) is 0 Å². The molecule has 4 N–H and O–H groups in total. The summed E-state index contributed by atoms with van der Waals surface area (Å²) in [5, 5.41) is 12.9. The molecular formula is C14H21N3O2. The van der Waals surface area contributed by atoms with Gasteiger partial charge in [0.15, 0.2) is 5.58 Å². The van der Waals surface area contributed by atoms with Crippen LogP contribution in [0.2, 0.25) is 0 Å². The highest BCUT2D eigenvalue weighted by molar-refractivity contribution is 5.78. The van der Waals surface area contributed by atoms with Gasteiger partial charge in [0.05, 0.1) is 6.10 Å². The van der Waals surface area contributed by atoms with Gasteiger partial charge < -0.3 is 20.6 Å². The quantitative estimate of drug-likeness (QED) is 0.738. The molecule has 0 amide bonds. The van der Waals surface area contributed by atoms with Crippen LogP contribution in [0.4, 0.5) is 11.7 Å². The third kappa shape index (κ3) is 3.86.